The van der Waals surface area contributed by atoms with Gasteiger partial charge < -0.3 is 9.15 Å². The largest absolute Gasteiger partial charge is 0.496 e. The number of thioether (sulfide) groups is 1. The van der Waals surface area contributed by atoms with E-state index in [-0.39, 0.29) is 5.56 Å². The molecule has 3 aromatic carbocycles. The van der Waals surface area contributed by atoms with Crippen molar-refractivity contribution in [3.63, 3.8) is 0 Å². The van der Waals surface area contributed by atoms with Crippen LogP contribution in [0.15, 0.2) is 87.2 Å². The summed E-state index contributed by atoms with van der Waals surface area (Å²) in [7, 11) is 1.63. The molecule has 0 unspecified atom stereocenters. The number of benzene rings is 3. The van der Waals surface area contributed by atoms with Gasteiger partial charge in [0, 0.05) is 16.9 Å². The molecule has 6 nitrogen and oxygen atoms in total. The zero-order valence-corrected chi connectivity index (χ0v) is 20.6. The van der Waals surface area contributed by atoms with Crippen molar-refractivity contribution in [2.75, 3.05) is 7.11 Å². The minimum atomic E-state index is -0.0822. The van der Waals surface area contributed by atoms with E-state index >= 15 is 0 Å². The molecule has 0 aliphatic carbocycles. The molecule has 0 N–H and O–H groups in total. The number of ether oxygens (including phenoxy) is 1. The summed E-state index contributed by atoms with van der Waals surface area (Å²) in [6.07, 6.45) is 0. The third kappa shape index (κ3) is 4.72. The van der Waals surface area contributed by atoms with Crippen LogP contribution < -0.4 is 10.3 Å². The lowest BCUT2D eigenvalue weighted by atomic mass is 10.1. The van der Waals surface area contributed by atoms with Crippen LogP contribution in [0.3, 0.4) is 0 Å². The third-order valence-corrected chi connectivity index (χ3v) is 6.86. The first-order valence-corrected chi connectivity index (χ1v) is 12.3. The van der Waals surface area contributed by atoms with E-state index in [2.05, 4.69) is 0 Å². The second-order valence-corrected chi connectivity index (χ2v) is 9.23. The second-order valence-electron chi connectivity index (χ2n) is 8.29. The van der Waals surface area contributed by atoms with E-state index in [1.165, 1.54) is 17.3 Å². The monoisotopic (exact) mass is 483 g/mol. The number of aryl methyl sites for hydroxylation is 2. The Bertz CT molecular complexity index is 1550. The standard InChI is InChI=1S/C28H25N3O3S/c1-18-12-14-20(15-13-18)26-29-24(19(2)34-26)17-35-28-30-23-10-6-5-9-22(23)27(32)31(28)16-21-8-4-7-11-25(21)33-3/h4-15H,16-17H2,1-3H3. The Morgan fingerprint density at radius 3 is 2.49 bits per heavy atom. The van der Waals surface area contributed by atoms with Crippen LogP contribution in [0, 0.1) is 13.8 Å². The van der Waals surface area contributed by atoms with Crippen LogP contribution in [0.1, 0.15) is 22.6 Å². The Morgan fingerprint density at radius 1 is 0.943 bits per heavy atom. The third-order valence-electron chi connectivity index (χ3n) is 5.88. The summed E-state index contributed by atoms with van der Waals surface area (Å²) in [6.45, 7) is 4.32. The van der Waals surface area contributed by atoms with Gasteiger partial charge in [-0.2, -0.15) is 0 Å². The maximum Gasteiger partial charge on any atom is 0.262 e. The number of nitrogens with zero attached hydrogens (tertiary/aromatic N) is 3. The molecule has 35 heavy (non-hydrogen) atoms. The molecular formula is C28H25N3O3S. The molecule has 0 aliphatic rings. The zero-order valence-electron chi connectivity index (χ0n) is 19.8. The molecule has 0 amide bonds. The van der Waals surface area contributed by atoms with Crippen molar-refractivity contribution in [2.24, 2.45) is 0 Å². The molecule has 0 bridgehead atoms. The summed E-state index contributed by atoms with van der Waals surface area (Å²) in [5.41, 5.74) is 4.46. The fourth-order valence-corrected chi connectivity index (χ4v) is 4.92. The van der Waals surface area contributed by atoms with Gasteiger partial charge in [-0.05, 0) is 44.2 Å². The number of rotatable bonds is 7. The van der Waals surface area contributed by atoms with Gasteiger partial charge in [0.05, 0.1) is 30.3 Å². The molecule has 0 aliphatic heterocycles. The molecule has 2 heterocycles. The number of oxazole rings is 1. The summed E-state index contributed by atoms with van der Waals surface area (Å²) in [4.78, 5) is 23.0. The van der Waals surface area contributed by atoms with Gasteiger partial charge in [-0.1, -0.05) is 59.8 Å². The van der Waals surface area contributed by atoms with E-state index < -0.39 is 0 Å². The summed E-state index contributed by atoms with van der Waals surface area (Å²) < 4.78 is 13.2. The minimum absolute atomic E-state index is 0.0822. The van der Waals surface area contributed by atoms with E-state index in [4.69, 9.17) is 19.1 Å². The smallest absolute Gasteiger partial charge is 0.262 e. The quantitative estimate of drug-likeness (QED) is 0.208. The summed E-state index contributed by atoms with van der Waals surface area (Å²) in [5, 5.41) is 1.21. The van der Waals surface area contributed by atoms with Crippen molar-refractivity contribution >= 4 is 22.7 Å². The van der Waals surface area contributed by atoms with E-state index in [0.717, 1.165) is 28.3 Å². The molecule has 5 rings (SSSR count). The molecule has 0 fully saturated rings. The molecule has 0 radical (unpaired) electrons. The Labute approximate surface area is 207 Å². The highest BCUT2D eigenvalue weighted by Crippen LogP contribution is 2.28. The van der Waals surface area contributed by atoms with Crippen molar-refractivity contribution in [1.82, 2.24) is 14.5 Å². The normalized spacial score (nSPS) is 11.2. The summed E-state index contributed by atoms with van der Waals surface area (Å²) in [5.74, 6) is 2.61. The fourth-order valence-electron chi connectivity index (χ4n) is 3.92. The first kappa shape index (κ1) is 22.9. The molecule has 0 saturated carbocycles. The van der Waals surface area contributed by atoms with Gasteiger partial charge in [-0.15, -0.1) is 0 Å². The molecular weight excluding hydrogens is 458 g/mol. The number of para-hydroxylation sites is 2. The zero-order chi connectivity index (χ0) is 24.4. The van der Waals surface area contributed by atoms with Crippen molar-refractivity contribution in [3.8, 4) is 17.2 Å². The van der Waals surface area contributed by atoms with Gasteiger partial charge in [0.2, 0.25) is 5.89 Å². The number of hydrogen-bond donors (Lipinski definition) is 0. The van der Waals surface area contributed by atoms with Crippen LogP contribution in [0.2, 0.25) is 0 Å². The molecule has 0 saturated heterocycles. The average Bonchev–Trinajstić information content (AvgIpc) is 3.25. The maximum absolute atomic E-state index is 13.5. The molecule has 0 atom stereocenters. The SMILES string of the molecule is COc1ccccc1Cn1c(SCc2nc(-c3ccc(C)cc3)oc2C)nc2ccccc2c1=O. The molecule has 2 aromatic heterocycles. The molecule has 0 spiro atoms. The minimum Gasteiger partial charge on any atom is -0.496 e. The highest BCUT2D eigenvalue weighted by Gasteiger charge is 2.17. The van der Waals surface area contributed by atoms with Gasteiger partial charge in [-0.3, -0.25) is 9.36 Å². The van der Waals surface area contributed by atoms with E-state index in [1.807, 2.05) is 86.6 Å². The Kier molecular flexibility index (Phi) is 6.42. The Balaban J connectivity index is 1.50. The number of hydrogen-bond acceptors (Lipinski definition) is 6. The van der Waals surface area contributed by atoms with Crippen LogP contribution in [-0.4, -0.2) is 21.6 Å². The Hall–Kier alpha value is -3.84. The predicted molar refractivity (Wildman–Crippen MR) is 139 cm³/mol. The van der Waals surface area contributed by atoms with Gasteiger partial charge in [0.15, 0.2) is 5.16 Å². The van der Waals surface area contributed by atoms with Crippen LogP contribution >= 0.6 is 11.8 Å². The highest BCUT2D eigenvalue weighted by molar-refractivity contribution is 7.98. The number of aromatic nitrogens is 3. The van der Waals surface area contributed by atoms with Crippen molar-refractivity contribution in [2.45, 2.75) is 31.3 Å². The van der Waals surface area contributed by atoms with Crippen molar-refractivity contribution < 1.29 is 9.15 Å². The first-order valence-electron chi connectivity index (χ1n) is 11.3. The number of methoxy groups -OCH3 is 1. The maximum atomic E-state index is 13.5. The van der Waals surface area contributed by atoms with Crippen LogP contribution in [0.4, 0.5) is 0 Å². The topological polar surface area (TPSA) is 70.2 Å². The predicted octanol–water partition coefficient (Wildman–Crippen LogP) is 6.02. The van der Waals surface area contributed by atoms with Crippen LogP contribution in [-0.2, 0) is 12.3 Å². The van der Waals surface area contributed by atoms with Gasteiger partial charge in [-0.25, -0.2) is 9.97 Å². The second kappa shape index (κ2) is 9.80. The summed E-state index contributed by atoms with van der Waals surface area (Å²) in [6, 6.07) is 23.2. The van der Waals surface area contributed by atoms with E-state index in [0.29, 0.717) is 34.2 Å². The number of fused-ring (bicyclic) bond motifs is 1. The van der Waals surface area contributed by atoms with Gasteiger partial charge in [0.1, 0.15) is 11.5 Å². The molecule has 7 heteroatoms. The highest BCUT2D eigenvalue weighted by atomic mass is 32.2. The van der Waals surface area contributed by atoms with Crippen molar-refractivity contribution in [1.29, 1.82) is 0 Å². The Morgan fingerprint density at radius 2 is 1.69 bits per heavy atom. The summed E-state index contributed by atoms with van der Waals surface area (Å²) >= 11 is 1.48. The van der Waals surface area contributed by atoms with E-state index in [1.54, 1.807) is 11.7 Å². The lowest BCUT2D eigenvalue weighted by molar-refractivity contribution is 0.407. The lowest BCUT2D eigenvalue weighted by Crippen LogP contribution is -2.24. The van der Waals surface area contributed by atoms with Crippen LogP contribution in [0.5, 0.6) is 5.75 Å². The first-order chi connectivity index (χ1) is 17.0. The average molecular weight is 484 g/mol. The molecule has 176 valence electrons. The van der Waals surface area contributed by atoms with Gasteiger partial charge in [0.25, 0.3) is 5.56 Å². The van der Waals surface area contributed by atoms with Crippen molar-refractivity contribution in [3.05, 3.63) is 106 Å². The molecule has 5 aromatic rings. The van der Waals surface area contributed by atoms with Crippen LogP contribution in [0.25, 0.3) is 22.4 Å². The van der Waals surface area contributed by atoms with Gasteiger partial charge >= 0.3 is 0 Å². The van der Waals surface area contributed by atoms with E-state index in [9.17, 15) is 4.79 Å². The lowest BCUT2D eigenvalue weighted by Gasteiger charge is -2.15. The fraction of sp³-hybridized carbons (Fsp3) is 0.179.